The predicted molar refractivity (Wildman–Crippen MR) is 55.1 cm³/mol. The van der Waals surface area contributed by atoms with E-state index in [1.54, 1.807) is 18.4 Å². The first-order valence-corrected chi connectivity index (χ1v) is 5.31. The predicted octanol–water partition coefficient (Wildman–Crippen LogP) is 1.58. The molecule has 0 aromatic carbocycles. The van der Waals surface area contributed by atoms with E-state index >= 15 is 0 Å². The molecule has 0 saturated heterocycles. The Hall–Kier alpha value is -0.450. The Bertz CT molecular complexity index is 237. The fourth-order valence-corrected chi connectivity index (χ4v) is 1.79. The summed E-state index contributed by atoms with van der Waals surface area (Å²) in [5.41, 5.74) is 3.03. The molecule has 0 amide bonds. The van der Waals surface area contributed by atoms with Gasteiger partial charge in [0.15, 0.2) is 0 Å². The average molecular weight is 200 g/mol. The third-order valence-electron chi connectivity index (χ3n) is 1.83. The Morgan fingerprint density at radius 2 is 2.46 bits per heavy atom. The summed E-state index contributed by atoms with van der Waals surface area (Å²) in [7, 11) is 1.73. The van der Waals surface area contributed by atoms with E-state index in [0.717, 1.165) is 31.8 Å². The van der Waals surface area contributed by atoms with Crippen molar-refractivity contribution in [2.45, 2.75) is 19.9 Å². The van der Waals surface area contributed by atoms with E-state index in [9.17, 15) is 0 Å². The number of rotatable bonds is 6. The summed E-state index contributed by atoms with van der Waals surface area (Å²) in [5, 5.41) is 3.35. The van der Waals surface area contributed by atoms with Crippen molar-refractivity contribution in [3.05, 3.63) is 16.1 Å². The third kappa shape index (κ3) is 3.85. The van der Waals surface area contributed by atoms with Gasteiger partial charge in [0.2, 0.25) is 0 Å². The lowest BCUT2D eigenvalue weighted by Crippen LogP contribution is -2.15. The fourth-order valence-electron chi connectivity index (χ4n) is 1.04. The summed E-state index contributed by atoms with van der Waals surface area (Å²) in [5.74, 6) is 0. The summed E-state index contributed by atoms with van der Waals surface area (Å²) >= 11 is 1.71. The number of thiazole rings is 1. The molecule has 0 unspecified atom stereocenters. The molecule has 1 N–H and O–H groups in total. The molecule has 74 valence electrons. The van der Waals surface area contributed by atoms with Crippen molar-refractivity contribution in [3.8, 4) is 0 Å². The summed E-state index contributed by atoms with van der Waals surface area (Å²) < 4.78 is 4.95. The molecule has 1 rings (SSSR count). The van der Waals surface area contributed by atoms with Gasteiger partial charge in [-0.25, -0.2) is 4.98 Å². The zero-order valence-electron chi connectivity index (χ0n) is 8.17. The molecule has 0 fully saturated rings. The number of nitrogens with one attached hydrogen (secondary N) is 1. The fraction of sp³-hybridized carbons (Fsp3) is 0.667. The highest BCUT2D eigenvalue weighted by atomic mass is 32.1. The van der Waals surface area contributed by atoms with Crippen molar-refractivity contribution >= 4 is 11.3 Å². The molecule has 4 heteroatoms. The minimum atomic E-state index is 0.828. The molecule has 0 spiro atoms. The number of nitrogens with zero attached hydrogens (tertiary/aromatic N) is 1. The van der Waals surface area contributed by atoms with E-state index in [1.807, 2.05) is 12.4 Å². The third-order valence-corrected chi connectivity index (χ3v) is 2.77. The van der Waals surface area contributed by atoms with E-state index in [2.05, 4.69) is 10.3 Å². The molecule has 1 aromatic heterocycles. The van der Waals surface area contributed by atoms with Gasteiger partial charge in [-0.05, 0) is 19.9 Å². The number of aryl methyl sites for hydroxylation is 1. The van der Waals surface area contributed by atoms with Crippen LogP contribution < -0.4 is 5.32 Å². The van der Waals surface area contributed by atoms with Crippen LogP contribution in [0.2, 0.25) is 0 Å². The van der Waals surface area contributed by atoms with Crippen LogP contribution in [-0.4, -0.2) is 25.2 Å². The van der Waals surface area contributed by atoms with Gasteiger partial charge in [-0.15, -0.1) is 11.3 Å². The number of methoxy groups -OCH3 is 1. The van der Waals surface area contributed by atoms with Crippen LogP contribution in [0.5, 0.6) is 0 Å². The van der Waals surface area contributed by atoms with Gasteiger partial charge >= 0.3 is 0 Å². The zero-order chi connectivity index (χ0) is 9.52. The molecule has 1 heterocycles. The minimum absolute atomic E-state index is 0.828. The highest BCUT2D eigenvalue weighted by molar-refractivity contribution is 7.09. The van der Waals surface area contributed by atoms with E-state index in [0.29, 0.717) is 0 Å². The van der Waals surface area contributed by atoms with Gasteiger partial charge in [0.05, 0.1) is 11.2 Å². The second kappa shape index (κ2) is 6.07. The Kier molecular flexibility index (Phi) is 4.97. The molecular weight excluding hydrogens is 184 g/mol. The van der Waals surface area contributed by atoms with E-state index < -0.39 is 0 Å². The van der Waals surface area contributed by atoms with Crippen LogP contribution in [0.1, 0.15) is 17.0 Å². The second-order valence-electron chi connectivity index (χ2n) is 2.88. The summed E-state index contributed by atoms with van der Waals surface area (Å²) in [6, 6.07) is 0. The maximum Gasteiger partial charge on any atom is 0.0798 e. The van der Waals surface area contributed by atoms with E-state index in [4.69, 9.17) is 4.74 Å². The lowest BCUT2D eigenvalue weighted by molar-refractivity contribution is 0.194. The minimum Gasteiger partial charge on any atom is -0.385 e. The Morgan fingerprint density at radius 3 is 3.08 bits per heavy atom. The van der Waals surface area contributed by atoms with Crippen LogP contribution in [0.3, 0.4) is 0 Å². The van der Waals surface area contributed by atoms with Crippen LogP contribution in [0.25, 0.3) is 0 Å². The summed E-state index contributed by atoms with van der Waals surface area (Å²) in [4.78, 5) is 5.52. The first kappa shape index (κ1) is 10.6. The first-order valence-electron chi connectivity index (χ1n) is 4.43. The van der Waals surface area contributed by atoms with Crippen molar-refractivity contribution in [1.29, 1.82) is 0 Å². The molecule has 0 aliphatic carbocycles. The van der Waals surface area contributed by atoms with Crippen molar-refractivity contribution in [2.75, 3.05) is 20.3 Å². The van der Waals surface area contributed by atoms with Crippen LogP contribution >= 0.6 is 11.3 Å². The first-order chi connectivity index (χ1) is 6.34. The smallest absolute Gasteiger partial charge is 0.0798 e. The molecule has 0 saturated carbocycles. The SMILES string of the molecule is COCCCNCc1scnc1C. The van der Waals surface area contributed by atoms with E-state index in [-0.39, 0.29) is 0 Å². The maximum absolute atomic E-state index is 4.95. The zero-order valence-corrected chi connectivity index (χ0v) is 8.99. The van der Waals surface area contributed by atoms with Gasteiger partial charge in [0.25, 0.3) is 0 Å². The van der Waals surface area contributed by atoms with Gasteiger partial charge in [0, 0.05) is 25.1 Å². The Morgan fingerprint density at radius 1 is 1.62 bits per heavy atom. The number of aromatic nitrogens is 1. The number of hydrogen-bond donors (Lipinski definition) is 1. The molecule has 0 bridgehead atoms. The highest BCUT2D eigenvalue weighted by Crippen LogP contribution is 2.10. The van der Waals surface area contributed by atoms with Crippen molar-refractivity contribution in [3.63, 3.8) is 0 Å². The molecule has 1 aromatic rings. The molecule has 13 heavy (non-hydrogen) atoms. The summed E-state index contributed by atoms with van der Waals surface area (Å²) in [6.45, 7) is 4.81. The summed E-state index contributed by atoms with van der Waals surface area (Å²) in [6.07, 6.45) is 1.06. The standard InChI is InChI=1S/C9H16N2OS/c1-8-9(13-7-11-8)6-10-4-3-5-12-2/h7,10H,3-6H2,1-2H3. The van der Waals surface area contributed by atoms with Crippen LogP contribution in [0, 0.1) is 6.92 Å². The van der Waals surface area contributed by atoms with Gasteiger partial charge in [-0.3, -0.25) is 0 Å². The number of ether oxygens (including phenoxy) is 1. The lowest BCUT2D eigenvalue weighted by Gasteiger charge is -2.02. The highest BCUT2D eigenvalue weighted by Gasteiger charge is 1.99. The Labute approximate surface area is 83.1 Å². The largest absolute Gasteiger partial charge is 0.385 e. The molecule has 0 radical (unpaired) electrons. The van der Waals surface area contributed by atoms with Crippen LogP contribution in [0.4, 0.5) is 0 Å². The van der Waals surface area contributed by atoms with Crippen molar-refractivity contribution in [1.82, 2.24) is 10.3 Å². The molecule has 3 nitrogen and oxygen atoms in total. The molecule has 0 atom stereocenters. The van der Waals surface area contributed by atoms with Crippen molar-refractivity contribution < 1.29 is 4.74 Å². The second-order valence-corrected chi connectivity index (χ2v) is 3.82. The van der Waals surface area contributed by atoms with Crippen molar-refractivity contribution in [2.24, 2.45) is 0 Å². The van der Waals surface area contributed by atoms with Crippen LogP contribution in [0.15, 0.2) is 5.51 Å². The van der Waals surface area contributed by atoms with Gasteiger partial charge in [0.1, 0.15) is 0 Å². The normalized spacial score (nSPS) is 10.6. The van der Waals surface area contributed by atoms with Gasteiger partial charge in [-0.1, -0.05) is 0 Å². The Balaban J connectivity index is 2.10. The van der Waals surface area contributed by atoms with Gasteiger partial charge < -0.3 is 10.1 Å². The van der Waals surface area contributed by atoms with Gasteiger partial charge in [-0.2, -0.15) is 0 Å². The lowest BCUT2D eigenvalue weighted by atomic mass is 10.4. The number of hydrogen-bond acceptors (Lipinski definition) is 4. The molecule has 0 aliphatic heterocycles. The molecular formula is C9H16N2OS. The van der Waals surface area contributed by atoms with E-state index in [1.165, 1.54) is 4.88 Å². The average Bonchev–Trinajstić information content (AvgIpc) is 2.52. The quantitative estimate of drug-likeness (QED) is 0.708. The molecule has 0 aliphatic rings. The monoisotopic (exact) mass is 200 g/mol. The maximum atomic E-state index is 4.95. The van der Waals surface area contributed by atoms with Crippen LogP contribution in [-0.2, 0) is 11.3 Å². The topological polar surface area (TPSA) is 34.1 Å².